The Balaban J connectivity index is 1.78. The summed E-state index contributed by atoms with van der Waals surface area (Å²) in [7, 11) is -3.76. The largest absolute Gasteiger partial charge is 0.447 e. The van der Waals surface area contributed by atoms with Crippen LogP contribution in [0.25, 0.3) is 0 Å². The average Bonchev–Trinajstić information content (AvgIpc) is 2.93. The van der Waals surface area contributed by atoms with Crippen molar-refractivity contribution in [3.8, 4) is 0 Å². The molecule has 0 atom stereocenters. The Morgan fingerprint density at radius 3 is 2.84 bits per heavy atom. The quantitative estimate of drug-likeness (QED) is 0.776. The van der Waals surface area contributed by atoms with E-state index in [0.29, 0.717) is 12.3 Å². The van der Waals surface area contributed by atoms with Crippen molar-refractivity contribution in [1.82, 2.24) is 10.3 Å². The third kappa shape index (κ3) is 4.13. The number of thiazole rings is 1. The van der Waals surface area contributed by atoms with E-state index in [1.807, 2.05) is 12.3 Å². The van der Waals surface area contributed by atoms with Crippen LogP contribution in [0.2, 0.25) is 0 Å². The van der Waals surface area contributed by atoms with Gasteiger partial charge in [0.1, 0.15) is 5.76 Å². The topological polar surface area (TPSA) is 98.2 Å². The van der Waals surface area contributed by atoms with Crippen molar-refractivity contribution in [3.63, 3.8) is 0 Å². The van der Waals surface area contributed by atoms with E-state index in [1.165, 1.54) is 6.07 Å². The fourth-order valence-corrected chi connectivity index (χ4v) is 2.79. The van der Waals surface area contributed by atoms with E-state index in [0.717, 1.165) is 23.7 Å². The van der Waals surface area contributed by atoms with E-state index in [2.05, 4.69) is 10.3 Å². The highest BCUT2D eigenvalue weighted by Crippen LogP contribution is 2.12. The number of rotatable bonds is 6. The van der Waals surface area contributed by atoms with Crippen molar-refractivity contribution in [3.05, 3.63) is 34.0 Å². The first kappa shape index (κ1) is 14.2. The van der Waals surface area contributed by atoms with E-state index >= 15 is 0 Å². The molecule has 0 amide bonds. The number of sulfonamides is 1. The van der Waals surface area contributed by atoms with Gasteiger partial charge in [-0.15, -0.1) is 11.3 Å². The molecule has 19 heavy (non-hydrogen) atoms. The number of hydrogen-bond donors (Lipinski definition) is 2. The zero-order valence-corrected chi connectivity index (χ0v) is 12.1. The van der Waals surface area contributed by atoms with Gasteiger partial charge >= 0.3 is 0 Å². The lowest BCUT2D eigenvalue weighted by Crippen LogP contribution is -2.16. The Bertz CT molecular complexity index is 646. The fourth-order valence-electron chi connectivity index (χ4n) is 1.53. The number of aromatic nitrogens is 1. The summed E-state index contributed by atoms with van der Waals surface area (Å²) in [4.78, 5) is 4.35. The molecule has 104 valence electrons. The number of furan rings is 1. The molecule has 6 nitrogen and oxygen atoms in total. The molecule has 0 fully saturated rings. The summed E-state index contributed by atoms with van der Waals surface area (Å²) in [5.41, 5.74) is 1.03. The standard InChI is InChI=1S/C11H15N3O3S2/c1-8-7-18-10(14-8)4-5-13-6-9-2-3-11(17-9)19(12,15)16/h2-3,7,13H,4-6H2,1H3,(H2,12,15,16). The second-order valence-electron chi connectivity index (χ2n) is 4.08. The van der Waals surface area contributed by atoms with Crippen molar-refractivity contribution in [2.75, 3.05) is 6.54 Å². The van der Waals surface area contributed by atoms with Gasteiger partial charge in [0.2, 0.25) is 5.09 Å². The van der Waals surface area contributed by atoms with Crippen LogP contribution in [-0.4, -0.2) is 19.9 Å². The number of nitrogens with one attached hydrogen (secondary N) is 1. The Morgan fingerprint density at radius 1 is 1.47 bits per heavy atom. The van der Waals surface area contributed by atoms with Crippen LogP contribution in [0.15, 0.2) is 27.0 Å². The molecule has 0 saturated carbocycles. The predicted molar refractivity (Wildman–Crippen MR) is 72.3 cm³/mol. The summed E-state index contributed by atoms with van der Waals surface area (Å²) in [6, 6.07) is 2.96. The second-order valence-corrected chi connectivity index (χ2v) is 6.51. The van der Waals surface area contributed by atoms with E-state index in [4.69, 9.17) is 9.56 Å². The minimum Gasteiger partial charge on any atom is -0.447 e. The lowest BCUT2D eigenvalue weighted by atomic mass is 10.4. The van der Waals surface area contributed by atoms with Gasteiger partial charge in [0.05, 0.1) is 11.6 Å². The van der Waals surface area contributed by atoms with Crippen molar-refractivity contribution < 1.29 is 12.8 Å². The maximum absolute atomic E-state index is 11.0. The maximum Gasteiger partial charge on any atom is 0.271 e. The molecule has 0 bridgehead atoms. The molecular weight excluding hydrogens is 286 g/mol. The summed E-state index contributed by atoms with van der Waals surface area (Å²) in [5.74, 6) is 0.541. The molecule has 2 rings (SSSR count). The Morgan fingerprint density at radius 2 is 2.26 bits per heavy atom. The zero-order chi connectivity index (χ0) is 13.9. The normalized spacial score (nSPS) is 11.9. The average molecular weight is 301 g/mol. The van der Waals surface area contributed by atoms with Gasteiger partial charge in [-0.1, -0.05) is 0 Å². The van der Waals surface area contributed by atoms with Gasteiger partial charge in [0, 0.05) is 24.0 Å². The monoisotopic (exact) mass is 301 g/mol. The second kappa shape index (κ2) is 5.83. The van der Waals surface area contributed by atoms with Crippen LogP contribution in [-0.2, 0) is 23.0 Å². The fraction of sp³-hybridized carbons (Fsp3) is 0.364. The van der Waals surface area contributed by atoms with Crippen LogP contribution in [0.5, 0.6) is 0 Å². The number of nitrogens with zero attached hydrogens (tertiary/aromatic N) is 1. The first-order valence-corrected chi connectivity index (χ1v) is 8.11. The van der Waals surface area contributed by atoms with Gasteiger partial charge in [-0.05, 0) is 19.1 Å². The van der Waals surface area contributed by atoms with Crippen molar-refractivity contribution in [1.29, 1.82) is 0 Å². The molecular formula is C11H15N3O3S2. The van der Waals surface area contributed by atoms with E-state index in [-0.39, 0.29) is 5.09 Å². The van der Waals surface area contributed by atoms with Crippen molar-refractivity contribution in [2.45, 2.75) is 25.0 Å². The first-order valence-electron chi connectivity index (χ1n) is 5.68. The molecule has 0 unspecified atom stereocenters. The minimum atomic E-state index is -3.76. The maximum atomic E-state index is 11.0. The Labute approximate surface area is 115 Å². The van der Waals surface area contributed by atoms with Crippen LogP contribution < -0.4 is 10.5 Å². The highest BCUT2D eigenvalue weighted by molar-refractivity contribution is 7.89. The summed E-state index contributed by atoms with van der Waals surface area (Å²) >= 11 is 1.63. The lowest BCUT2D eigenvalue weighted by Gasteiger charge is -2.00. The molecule has 2 heterocycles. The van der Waals surface area contributed by atoms with Crippen LogP contribution in [0.3, 0.4) is 0 Å². The molecule has 2 aromatic heterocycles. The van der Waals surface area contributed by atoms with Gasteiger partial charge in [-0.2, -0.15) is 0 Å². The van der Waals surface area contributed by atoms with Crippen LogP contribution in [0.1, 0.15) is 16.5 Å². The summed E-state index contributed by atoms with van der Waals surface area (Å²) in [6.07, 6.45) is 0.835. The van der Waals surface area contributed by atoms with Gasteiger partial charge in [0.15, 0.2) is 0 Å². The smallest absolute Gasteiger partial charge is 0.271 e. The number of aryl methyl sites for hydroxylation is 1. The van der Waals surface area contributed by atoms with Crippen LogP contribution in [0.4, 0.5) is 0 Å². The Hall–Kier alpha value is -1.22. The number of hydrogen-bond acceptors (Lipinski definition) is 6. The Kier molecular flexibility index (Phi) is 4.35. The molecule has 3 N–H and O–H groups in total. The predicted octanol–water partition coefficient (Wildman–Crippen LogP) is 1.02. The van der Waals surface area contributed by atoms with Crippen LogP contribution in [0, 0.1) is 6.92 Å². The highest BCUT2D eigenvalue weighted by Gasteiger charge is 2.12. The van der Waals surface area contributed by atoms with Crippen LogP contribution >= 0.6 is 11.3 Å². The molecule has 0 saturated heterocycles. The van der Waals surface area contributed by atoms with Crippen molar-refractivity contribution >= 4 is 21.4 Å². The molecule has 0 aromatic carbocycles. The number of nitrogens with two attached hydrogens (primary N) is 1. The first-order chi connectivity index (χ1) is 8.95. The molecule has 8 heteroatoms. The third-order valence-electron chi connectivity index (χ3n) is 2.40. The minimum absolute atomic E-state index is 0.208. The van der Waals surface area contributed by atoms with Gasteiger partial charge in [-0.25, -0.2) is 18.5 Å². The SMILES string of the molecule is Cc1csc(CCNCc2ccc(S(N)(=O)=O)o2)n1. The molecule has 0 aliphatic heterocycles. The van der Waals surface area contributed by atoms with Gasteiger partial charge < -0.3 is 9.73 Å². The molecule has 0 aliphatic carbocycles. The van der Waals surface area contributed by atoms with E-state index in [9.17, 15) is 8.42 Å². The molecule has 0 radical (unpaired) electrons. The zero-order valence-electron chi connectivity index (χ0n) is 10.4. The lowest BCUT2D eigenvalue weighted by molar-refractivity contribution is 0.403. The number of primary sulfonamides is 1. The molecule has 0 spiro atoms. The molecule has 0 aliphatic rings. The highest BCUT2D eigenvalue weighted by atomic mass is 32.2. The van der Waals surface area contributed by atoms with Gasteiger partial charge in [-0.3, -0.25) is 0 Å². The summed E-state index contributed by atoms with van der Waals surface area (Å²) in [6.45, 7) is 3.17. The molecule has 2 aromatic rings. The third-order valence-corrected chi connectivity index (χ3v) is 4.21. The van der Waals surface area contributed by atoms with E-state index < -0.39 is 10.0 Å². The van der Waals surface area contributed by atoms with Gasteiger partial charge in [0.25, 0.3) is 10.0 Å². The van der Waals surface area contributed by atoms with Crippen molar-refractivity contribution in [2.24, 2.45) is 5.14 Å². The van der Waals surface area contributed by atoms with E-state index in [1.54, 1.807) is 17.4 Å². The summed E-state index contributed by atoms with van der Waals surface area (Å²) in [5, 5.41) is 11.0. The summed E-state index contributed by atoms with van der Waals surface area (Å²) < 4.78 is 27.2.